The first-order chi connectivity index (χ1) is 13.4. The van der Waals surface area contributed by atoms with Crippen molar-refractivity contribution in [2.75, 3.05) is 51.7 Å². The van der Waals surface area contributed by atoms with Gasteiger partial charge in [-0.1, -0.05) is 24.9 Å². The summed E-state index contributed by atoms with van der Waals surface area (Å²) in [5, 5.41) is 6.45. The number of halogens is 1. The largest absolute Gasteiger partial charge is 0.495 e. The molecule has 1 saturated heterocycles. The Balaban J connectivity index is 1.81. The highest BCUT2D eigenvalue weighted by molar-refractivity contribution is 6.31. The van der Waals surface area contributed by atoms with Gasteiger partial charge in [0.25, 0.3) is 11.8 Å². The molecular weight excluding hydrogens is 380 g/mol. The lowest BCUT2D eigenvalue weighted by molar-refractivity contribution is -1.01. The lowest BCUT2D eigenvalue weighted by Crippen LogP contribution is -3.30. The monoisotopic (exact) mass is 412 g/mol. The molecule has 8 heteroatoms. The Morgan fingerprint density at radius 3 is 2.61 bits per heavy atom. The van der Waals surface area contributed by atoms with E-state index < -0.39 is 0 Å². The quantitative estimate of drug-likeness (QED) is 0.408. The molecule has 1 aromatic rings. The summed E-state index contributed by atoms with van der Waals surface area (Å²) in [4.78, 5) is 27.2. The third-order valence-electron chi connectivity index (χ3n) is 5.29. The van der Waals surface area contributed by atoms with Crippen LogP contribution in [0, 0.1) is 0 Å². The molecule has 1 heterocycles. The Morgan fingerprint density at radius 2 is 1.96 bits per heavy atom. The van der Waals surface area contributed by atoms with Crippen LogP contribution in [0.2, 0.25) is 5.02 Å². The average Bonchev–Trinajstić information content (AvgIpc) is 2.68. The molecule has 0 unspecified atom stereocenters. The standard InChI is InChI=1S/C20H31ClN4O3/c1-4-5-8-22-19(26)14-24-9-11-25(12-10-24)15(2)20(27)23-17-13-16(21)6-7-18(17)28-3/h6-7,13,15H,4-5,8-12,14H2,1-3H3,(H,22,26)(H,23,27)/p+2/t15-/m0/s1. The second-order valence-corrected chi connectivity index (χ2v) is 7.78. The van der Waals surface area contributed by atoms with Crippen molar-refractivity contribution in [1.29, 1.82) is 0 Å². The van der Waals surface area contributed by atoms with E-state index in [1.807, 2.05) is 6.92 Å². The van der Waals surface area contributed by atoms with Crippen LogP contribution in [0.15, 0.2) is 18.2 Å². The molecule has 1 fully saturated rings. The van der Waals surface area contributed by atoms with Gasteiger partial charge in [0.05, 0.1) is 12.8 Å². The number of unbranched alkanes of at least 4 members (excludes halogenated alkanes) is 1. The van der Waals surface area contributed by atoms with E-state index in [-0.39, 0.29) is 17.9 Å². The smallest absolute Gasteiger partial charge is 0.282 e. The van der Waals surface area contributed by atoms with Crippen molar-refractivity contribution >= 4 is 29.1 Å². The summed E-state index contributed by atoms with van der Waals surface area (Å²) in [7, 11) is 1.56. The number of piperazine rings is 1. The lowest BCUT2D eigenvalue weighted by atomic mass is 10.2. The molecule has 0 bridgehead atoms. The number of nitrogens with one attached hydrogen (secondary N) is 4. The third-order valence-corrected chi connectivity index (χ3v) is 5.52. The molecule has 1 aliphatic rings. The van der Waals surface area contributed by atoms with Gasteiger partial charge in [-0.25, -0.2) is 0 Å². The highest BCUT2D eigenvalue weighted by Crippen LogP contribution is 2.27. The number of methoxy groups -OCH3 is 1. The molecular formula is C20H33ClN4O3+2. The molecule has 0 aliphatic carbocycles. The maximum Gasteiger partial charge on any atom is 0.282 e. The predicted octanol–water partition coefficient (Wildman–Crippen LogP) is -0.625. The number of amides is 2. The van der Waals surface area contributed by atoms with Crippen LogP contribution in [0.25, 0.3) is 0 Å². The van der Waals surface area contributed by atoms with Crippen molar-refractivity contribution in [2.24, 2.45) is 0 Å². The molecule has 2 amide bonds. The van der Waals surface area contributed by atoms with E-state index in [0.29, 0.717) is 23.0 Å². The fourth-order valence-electron chi connectivity index (χ4n) is 3.43. The maximum atomic E-state index is 12.7. The van der Waals surface area contributed by atoms with Crippen molar-refractivity contribution in [3.63, 3.8) is 0 Å². The zero-order valence-electron chi connectivity index (χ0n) is 17.1. The van der Waals surface area contributed by atoms with E-state index in [4.69, 9.17) is 16.3 Å². The molecule has 1 aliphatic heterocycles. The van der Waals surface area contributed by atoms with Crippen LogP contribution in [0.5, 0.6) is 5.75 Å². The molecule has 0 spiro atoms. The molecule has 0 saturated carbocycles. The number of carbonyl (C=O) groups excluding carboxylic acids is 2. The van der Waals surface area contributed by atoms with Crippen LogP contribution < -0.4 is 25.2 Å². The van der Waals surface area contributed by atoms with Crippen molar-refractivity contribution in [1.82, 2.24) is 5.32 Å². The van der Waals surface area contributed by atoms with E-state index in [1.165, 1.54) is 9.80 Å². The van der Waals surface area contributed by atoms with E-state index in [9.17, 15) is 9.59 Å². The highest BCUT2D eigenvalue weighted by Gasteiger charge is 2.32. The number of carbonyl (C=O) groups is 2. The zero-order valence-corrected chi connectivity index (χ0v) is 17.8. The highest BCUT2D eigenvalue weighted by atomic mass is 35.5. The minimum absolute atomic E-state index is 0.0590. The topological polar surface area (TPSA) is 76.3 Å². The number of hydrogen-bond donors (Lipinski definition) is 4. The van der Waals surface area contributed by atoms with Crippen LogP contribution in [0.1, 0.15) is 26.7 Å². The van der Waals surface area contributed by atoms with Gasteiger partial charge in [0.2, 0.25) is 0 Å². The summed E-state index contributed by atoms with van der Waals surface area (Å²) in [6, 6.07) is 4.97. The molecule has 28 heavy (non-hydrogen) atoms. The van der Waals surface area contributed by atoms with E-state index in [1.54, 1.807) is 25.3 Å². The van der Waals surface area contributed by atoms with Crippen LogP contribution in [0.4, 0.5) is 5.69 Å². The van der Waals surface area contributed by atoms with Crippen LogP contribution in [-0.2, 0) is 9.59 Å². The first kappa shape index (κ1) is 22.5. The fourth-order valence-corrected chi connectivity index (χ4v) is 3.60. The van der Waals surface area contributed by atoms with Crippen LogP contribution >= 0.6 is 11.6 Å². The van der Waals surface area contributed by atoms with Gasteiger partial charge in [-0.3, -0.25) is 9.59 Å². The Bertz CT molecular complexity index is 663. The average molecular weight is 413 g/mol. The summed E-state index contributed by atoms with van der Waals surface area (Å²) in [5.74, 6) is 0.644. The van der Waals surface area contributed by atoms with Gasteiger partial charge in [-0.05, 0) is 31.5 Å². The first-order valence-corrected chi connectivity index (χ1v) is 10.4. The molecule has 0 aromatic heterocycles. The second-order valence-electron chi connectivity index (χ2n) is 7.34. The van der Waals surface area contributed by atoms with Crippen molar-refractivity contribution in [3.8, 4) is 5.75 Å². The number of anilines is 1. The summed E-state index contributed by atoms with van der Waals surface area (Å²) in [6.45, 7) is 8.80. The van der Waals surface area contributed by atoms with Gasteiger partial charge in [0.1, 0.15) is 31.9 Å². The molecule has 1 atom stereocenters. The molecule has 2 rings (SSSR count). The summed E-state index contributed by atoms with van der Waals surface area (Å²) < 4.78 is 5.29. The van der Waals surface area contributed by atoms with Gasteiger partial charge in [0, 0.05) is 11.6 Å². The van der Waals surface area contributed by atoms with Crippen molar-refractivity contribution in [3.05, 3.63) is 23.2 Å². The third kappa shape index (κ3) is 6.65. The minimum atomic E-state index is -0.191. The van der Waals surface area contributed by atoms with Crippen molar-refractivity contribution in [2.45, 2.75) is 32.7 Å². The van der Waals surface area contributed by atoms with Gasteiger partial charge in [-0.2, -0.15) is 0 Å². The number of rotatable bonds is 9. The molecule has 4 N–H and O–H groups in total. The fraction of sp³-hybridized carbons (Fsp3) is 0.600. The summed E-state index contributed by atoms with van der Waals surface area (Å²) in [6.07, 6.45) is 2.10. The van der Waals surface area contributed by atoms with E-state index in [0.717, 1.165) is 45.6 Å². The predicted molar refractivity (Wildman–Crippen MR) is 110 cm³/mol. The molecule has 1 aromatic carbocycles. The molecule has 0 radical (unpaired) electrons. The van der Waals surface area contributed by atoms with Crippen LogP contribution in [-0.4, -0.2) is 64.2 Å². The first-order valence-electron chi connectivity index (χ1n) is 10.0. The van der Waals surface area contributed by atoms with Crippen molar-refractivity contribution < 1.29 is 24.1 Å². The number of benzene rings is 1. The Morgan fingerprint density at radius 1 is 1.25 bits per heavy atom. The van der Waals surface area contributed by atoms with Crippen LogP contribution in [0.3, 0.4) is 0 Å². The Hall–Kier alpha value is -1.83. The minimum Gasteiger partial charge on any atom is -0.495 e. The second kappa shape index (κ2) is 11.2. The Kier molecular flexibility index (Phi) is 9.02. The summed E-state index contributed by atoms with van der Waals surface area (Å²) in [5.41, 5.74) is 0.583. The maximum absolute atomic E-state index is 12.7. The number of ether oxygens (including phenoxy) is 1. The number of hydrogen-bond acceptors (Lipinski definition) is 3. The van der Waals surface area contributed by atoms with E-state index in [2.05, 4.69) is 17.6 Å². The molecule has 156 valence electrons. The lowest BCUT2D eigenvalue weighted by Gasteiger charge is -2.32. The van der Waals surface area contributed by atoms with Gasteiger partial charge >= 0.3 is 0 Å². The van der Waals surface area contributed by atoms with E-state index >= 15 is 0 Å². The molecule has 7 nitrogen and oxygen atoms in total. The Labute approximate surface area is 172 Å². The number of quaternary nitrogens is 2. The SMILES string of the molecule is CCCCNC(=O)C[NH+]1CC[NH+]([C@@H](C)C(=O)Nc2cc(Cl)ccc2OC)CC1. The van der Waals surface area contributed by atoms with Gasteiger partial charge in [-0.15, -0.1) is 0 Å². The normalized spacial score (nSPS) is 20.3. The zero-order chi connectivity index (χ0) is 20.5. The summed E-state index contributed by atoms with van der Waals surface area (Å²) >= 11 is 6.04. The van der Waals surface area contributed by atoms with Gasteiger partial charge in [0.15, 0.2) is 12.6 Å². The van der Waals surface area contributed by atoms with Gasteiger partial charge < -0.3 is 25.2 Å².